The van der Waals surface area contributed by atoms with Crippen molar-refractivity contribution < 1.29 is 0 Å². The van der Waals surface area contributed by atoms with Gasteiger partial charge in [0.05, 0.1) is 0 Å². The van der Waals surface area contributed by atoms with E-state index < -0.39 is 0 Å². The van der Waals surface area contributed by atoms with Crippen LogP contribution < -0.4 is 0 Å². The number of benzene rings is 1. The molecule has 0 aliphatic carbocycles. The minimum atomic E-state index is 0.185. The third-order valence-electron chi connectivity index (χ3n) is 5.50. The van der Waals surface area contributed by atoms with Gasteiger partial charge < -0.3 is 0 Å². The molecule has 0 N–H and O–H groups in total. The predicted octanol–water partition coefficient (Wildman–Crippen LogP) is 5.55. The first-order valence-electron chi connectivity index (χ1n) is 7.00. The van der Waals surface area contributed by atoms with Gasteiger partial charge in [-0.3, -0.25) is 0 Å². The lowest BCUT2D eigenvalue weighted by Gasteiger charge is -2.42. The van der Waals surface area contributed by atoms with Gasteiger partial charge in [0, 0.05) is 0 Å². The SMILES string of the molecule is Cc1c(C)c(C)c(C(C)(C)C(C)(C)C)c(C)c1C. The highest BCUT2D eigenvalue weighted by molar-refractivity contribution is 5.52. The molecule has 1 aromatic carbocycles. The van der Waals surface area contributed by atoms with Crippen molar-refractivity contribution in [1.82, 2.24) is 0 Å². The molecule has 18 heavy (non-hydrogen) atoms. The molecule has 0 spiro atoms. The van der Waals surface area contributed by atoms with E-state index in [0.717, 1.165) is 0 Å². The second-order valence-electron chi connectivity index (χ2n) is 7.38. The molecule has 0 aromatic heterocycles. The molecule has 0 unspecified atom stereocenters. The molecule has 0 bridgehead atoms. The average molecular weight is 246 g/mol. The fourth-order valence-corrected chi connectivity index (χ4v) is 2.81. The molecule has 0 saturated carbocycles. The predicted molar refractivity (Wildman–Crippen MR) is 82.6 cm³/mol. The van der Waals surface area contributed by atoms with E-state index in [1.165, 1.54) is 27.8 Å². The topological polar surface area (TPSA) is 0 Å². The maximum absolute atomic E-state index is 2.39. The van der Waals surface area contributed by atoms with Crippen LogP contribution in [-0.4, -0.2) is 0 Å². The highest BCUT2D eigenvalue weighted by Crippen LogP contribution is 2.45. The van der Waals surface area contributed by atoms with E-state index >= 15 is 0 Å². The van der Waals surface area contributed by atoms with Gasteiger partial charge in [0.15, 0.2) is 0 Å². The smallest absolute Gasteiger partial charge is 0.00496 e. The van der Waals surface area contributed by atoms with Crippen LogP contribution in [0.2, 0.25) is 0 Å². The van der Waals surface area contributed by atoms with E-state index in [2.05, 4.69) is 69.2 Å². The Balaban J connectivity index is 3.72. The Kier molecular flexibility index (Phi) is 3.74. The molecule has 0 fully saturated rings. The molecule has 102 valence electrons. The normalized spacial score (nSPS) is 13.0. The van der Waals surface area contributed by atoms with Crippen molar-refractivity contribution in [3.63, 3.8) is 0 Å². The molecule has 0 nitrogen and oxygen atoms in total. The van der Waals surface area contributed by atoms with Gasteiger partial charge in [-0.25, -0.2) is 0 Å². The Morgan fingerprint density at radius 2 is 0.778 bits per heavy atom. The molecule has 0 amide bonds. The Labute approximate surface area is 114 Å². The summed E-state index contributed by atoms with van der Waals surface area (Å²) < 4.78 is 0. The summed E-state index contributed by atoms with van der Waals surface area (Å²) >= 11 is 0. The molecule has 0 aliphatic rings. The third kappa shape index (κ3) is 2.11. The van der Waals surface area contributed by atoms with Crippen LogP contribution in [0.3, 0.4) is 0 Å². The number of hydrogen-bond acceptors (Lipinski definition) is 0. The van der Waals surface area contributed by atoms with Gasteiger partial charge >= 0.3 is 0 Å². The quantitative estimate of drug-likeness (QED) is 0.609. The van der Waals surface area contributed by atoms with Crippen molar-refractivity contribution >= 4 is 0 Å². The monoisotopic (exact) mass is 246 g/mol. The molecule has 1 aromatic rings. The van der Waals surface area contributed by atoms with Gasteiger partial charge in [-0.05, 0) is 78.8 Å². The molecule has 0 atom stereocenters. The second kappa shape index (κ2) is 4.40. The molecule has 1 rings (SSSR count). The van der Waals surface area contributed by atoms with Gasteiger partial charge in [0.2, 0.25) is 0 Å². The first-order chi connectivity index (χ1) is 7.93. The molecule has 0 heterocycles. The number of rotatable bonds is 1. The molecular formula is C18H30. The largest absolute Gasteiger partial charge is 0.0593 e. The maximum Gasteiger partial charge on any atom is -0.00496 e. The summed E-state index contributed by atoms with van der Waals surface area (Å²) in [5, 5.41) is 0. The van der Waals surface area contributed by atoms with E-state index in [1.807, 2.05) is 0 Å². The summed E-state index contributed by atoms with van der Waals surface area (Å²) in [6.07, 6.45) is 0. The molecule has 0 saturated heterocycles. The molecule has 0 aliphatic heterocycles. The summed E-state index contributed by atoms with van der Waals surface area (Å²) in [7, 11) is 0. The van der Waals surface area contributed by atoms with E-state index in [-0.39, 0.29) is 10.8 Å². The Bertz CT molecular complexity index is 439. The summed E-state index contributed by atoms with van der Waals surface area (Å²) in [4.78, 5) is 0. The van der Waals surface area contributed by atoms with Crippen molar-refractivity contribution in [2.45, 2.75) is 74.7 Å². The highest BCUT2D eigenvalue weighted by Gasteiger charge is 2.37. The summed E-state index contributed by atoms with van der Waals surface area (Å²) in [5.74, 6) is 0. The highest BCUT2D eigenvalue weighted by atomic mass is 14.4. The van der Waals surface area contributed by atoms with Crippen LogP contribution >= 0.6 is 0 Å². The summed E-state index contributed by atoms with van der Waals surface area (Å²) in [6.45, 7) is 23.2. The zero-order valence-electron chi connectivity index (χ0n) is 14.0. The van der Waals surface area contributed by atoms with Gasteiger partial charge in [-0.1, -0.05) is 34.6 Å². The van der Waals surface area contributed by atoms with E-state index in [1.54, 1.807) is 5.56 Å². The van der Waals surface area contributed by atoms with Gasteiger partial charge in [0.25, 0.3) is 0 Å². The Hall–Kier alpha value is -0.780. The first kappa shape index (κ1) is 15.3. The van der Waals surface area contributed by atoms with Crippen LogP contribution in [0.1, 0.15) is 68.0 Å². The molecular weight excluding hydrogens is 216 g/mol. The zero-order valence-corrected chi connectivity index (χ0v) is 14.0. The van der Waals surface area contributed by atoms with Crippen LogP contribution in [0, 0.1) is 40.0 Å². The minimum Gasteiger partial charge on any atom is -0.0593 e. The number of hydrogen-bond donors (Lipinski definition) is 0. The van der Waals surface area contributed by atoms with Crippen LogP contribution in [0.4, 0.5) is 0 Å². The lowest BCUT2D eigenvalue weighted by atomic mass is 9.62. The van der Waals surface area contributed by atoms with Crippen LogP contribution in [0.15, 0.2) is 0 Å². The van der Waals surface area contributed by atoms with Gasteiger partial charge in [-0.15, -0.1) is 0 Å². The van der Waals surface area contributed by atoms with Crippen LogP contribution in [-0.2, 0) is 5.41 Å². The third-order valence-corrected chi connectivity index (χ3v) is 5.50. The van der Waals surface area contributed by atoms with Gasteiger partial charge in [0.1, 0.15) is 0 Å². The Morgan fingerprint density at radius 1 is 0.500 bits per heavy atom. The fraction of sp³-hybridized carbons (Fsp3) is 0.667. The standard InChI is InChI=1S/C18H30/c1-11-12(2)14(4)16(15(5)13(11)3)18(9,10)17(6,7)8/h1-10H3. The second-order valence-corrected chi connectivity index (χ2v) is 7.38. The lowest BCUT2D eigenvalue weighted by molar-refractivity contribution is 0.223. The fourth-order valence-electron chi connectivity index (χ4n) is 2.81. The first-order valence-corrected chi connectivity index (χ1v) is 7.00. The zero-order chi connectivity index (χ0) is 14.5. The van der Waals surface area contributed by atoms with Crippen molar-refractivity contribution in [1.29, 1.82) is 0 Å². The van der Waals surface area contributed by atoms with E-state index in [9.17, 15) is 0 Å². The molecule has 0 heteroatoms. The van der Waals surface area contributed by atoms with Crippen LogP contribution in [0.25, 0.3) is 0 Å². The van der Waals surface area contributed by atoms with E-state index in [4.69, 9.17) is 0 Å². The molecule has 0 radical (unpaired) electrons. The maximum atomic E-state index is 2.39. The van der Waals surface area contributed by atoms with Crippen molar-refractivity contribution in [3.8, 4) is 0 Å². The van der Waals surface area contributed by atoms with Crippen molar-refractivity contribution in [2.24, 2.45) is 5.41 Å². The summed E-state index contributed by atoms with van der Waals surface area (Å²) in [5.41, 5.74) is 9.34. The lowest BCUT2D eigenvalue weighted by Crippen LogP contribution is -2.36. The van der Waals surface area contributed by atoms with Gasteiger partial charge in [-0.2, -0.15) is 0 Å². The Morgan fingerprint density at radius 3 is 1.06 bits per heavy atom. The van der Waals surface area contributed by atoms with Crippen LogP contribution in [0.5, 0.6) is 0 Å². The summed E-state index contributed by atoms with van der Waals surface area (Å²) in [6, 6.07) is 0. The van der Waals surface area contributed by atoms with Crippen molar-refractivity contribution in [2.75, 3.05) is 0 Å². The minimum absolute atomic E-state index is 0.185. The average Bonchev–Trinajstić information content (AvgIpc) is 2.22. The van der Waals surface area contributed by atoms with Crippen molar-refractivity contribution in [3.05, 3.63) is 33.4 Å². The van der Waals surface area contributed by atoms with E-state index in [0.29, 0.717) is 0 Å².